The fourth-order valence-electron chi connectivity index (χ4n) is 1.93. The molecular formula is C12H10N4O2. The molecule has 1 aromatic carbocycles. The van der Waals surface area contributed by atoms with E-state index in [9.17, 15) is 10.1 Å². The molecule has 6 heteroatoms. The predicted molar refractivity (Wildman–Crippen MR) is 66.3 cm³/mol. The lowest BCUT2D eigenvalue weighted by atomic mass is 10.2. The second-order valence-corrected chi connectivity index (χ2v) is 4.02. The molecule has 0 atom stereocenters. The van der Waals surface area contributed by atoms with Crippen molar-refractivity contribution in [2.75, 3.05) is 0 Å². The molecule has 0 spiro atoms. The van der Waals surface area contributed by atoms with Gasteiger partial charge in [0.1, 0.15) is 0 Å². The first-order valence-electron chi connectivity index (χ1n) is 5.46. The number of rotatable bonds is 3. The Kier molecular flexibility index (Phi) is 2.33. The number of non-ortho nitro benzene ring substituents is 1. The van der Waals surface area contributed by atoms with Crippen molar-refractivity contribution >= 4 is 16.6 Å². The minimum atomic E-state index is -0.396. The van der Waals surface area contributed by atoms with Crippen LogP contribution < -0.4 is 0 Å². The molecule has 3 aromatic rings. The zero-order valence-corrected chi connectivity index (χ0v) is 9.41. The van der Waals surface area contributed by atoms with Crippen LogP contribution in [0.5, 0.6) is 0 Å². The van der Waals surface area contributed by atoms with Gasteiger partial charge in [-0.3, -0.25) is 14.8 Å². The van der Waals surface area contributed by atoms with Gasteiger partial charge in [0.25, 0.3) is 5.69 Å². The summed E-state index contributed by atoms with van der Waals surface area (Å²) in [5.41, 5.74) is 1.93. The van der Waals surface area contributed by atoms with Gasteiger partial charge in [-0.05, 0) is 17.7 Å². The maximum atomic E-state index is 10.8. The van der Waals surface area contributed by atoms with Crippen molar-refractivity contribution in [2.45, 2.75) is 6.54 Å². The third-order valence-electron chi connectivity index (χ3n) is 2.83. The molecular weight excluding hydrogens is 232 g/mol. The summed E-state index contributed by atoms with van der Waals surface area (Å²) in [6.07, 6.45) is 5.43. The van der Waals surface area contributed by atoms with E-state index in [1.54, 1.807) is 23.0 Å². The summed E-state index contributed by atoms with van der Waals surface area (Å²) in [7, 11) is 0. The van der Waals surface area contributed by atoms with Crippen molar-refractivity contribution < 1.29 is 4.92 Å². The zero-order valence-electron chi connectivity index (χ0n) is 9.41. The van der Waals surface area contributed by atoms with Gasteiger partial charge in [-0.25, -0.2) is 0 Å². The van der Waals surface area contributed by atoms with Crippen LogP contribution in [0, 0.1) is 10.1 Å². The molecule has 2 aromatic heterocycles. The molecule has 0 unspecified atom stereocenters. The number of nitrogens with zero attached hydrogens (tertiary/aromatic N) is 3. The van der Waals surface area contributed by atoms with Crippen molar-refractivity contribution in [1.82, 2.24) is 14.8 Å². The maximum Gasteiger partial charge on any atom is 0.271 e. The van der Waals surface area contributed by atoms with Crippen LogP contribution in [-0.2, 0) is 6.54 Å². The lowest BCUT2D eigenvalue weighted by Gasteiger charge is -2.01. The average molecular weight is 242 g/mol. The van der Waals surface area contributed by atoms with Crippen molar-refractivity contribution in [3.63, 3.8) is 0 Å². The molecule has 3 rings (SSSR count). The van der Waals surface area contributed by atoms with Gasteiger partial charge < -0.3 is 4.98 Å². The standard InChI is InChI=1S/C12H10N4O2/c17-16(18)11-2-1-10-7-14-15(12(10)5-11)8-9-3-4-13-6-9/h1-7,13H,8H2. The smallest absolute Gasteiger partial charge is 0.271 e. The summed E-state index contributed by atoms with van der Waals surface area (Å²) in [4.78, 5) is 13.3. The van der Waals surface area contributed by atoms with Crippen molar-refractivity contribution in [3.8, 4) is 0 Å². The van der Waals surface area contributed by atoms with E-state index in [-0.39, 0.29) is 5.69 Å². The first kappa shape index (κ1) is 10.5. The molecule has 0 bridgehead atoms. The maximum absolute atomic E-state index is 10.8. The van der Waals surface area contributed by atoms with Gasteiger partial charge >= 0.3 is 0 Å². The molecule has 6 nitrogen and oxygen atoms in total. The van der Waals surface area contributed by atoms with Crippen molar-refractivity contribution in [1.29, 1.82) is 0 Å². The van der Waals surface area contributed by atoms with Gasteiger partial charge in [0.2, 0.25) is 0 Å². The number of aromatic amines is 1. The fourth-order valence-corrected chi connectivity index (χ4v) is 1.93. The molecule has 0 saturated heterocycles. The van der Waals surface area contributed by atoms with Gasteiger partial charge in [0.05, 0.1) is 23.2 Å². The number of hydrogen-bond acceptors (Lipinski definition) is 3. The highest BCUT2D eigenvalue weighted by Gasteiger charge is 2.10. The number of benzene rings is 1. The van der Waals surface area contributed by atoms with E-state index in [0.29, 0.717) is 6.54 Å². The third kappa shape index (κ3) is 1.73. The fraction of sp³-hybridized carbons (Fsp3) is 0.0833. The Morgan fingerprint density at radius 3 is 3.00 bits per heavy atom. The minimum Gasteiger partial charge on any atom is -0.367 e. The van der Waals surface area contributed by atoms with Crippen LogP contribution in [0.25, 0.3) is 10.9 Å². The second-order valence-electron chi connectivity index (χ2n) is 4.02. The Morgan fingerprint density at radius 1 is 1.39 bits per heavy atom. The van der Waals surface area contributed by atoms with Gasteiger partial charge in [0, 0.05) is 29.9 Å². The van der Waals surface area contributed by atoms with E-state index in [4.69, 9.17) is 0 Å². The van der Waals surface area contributed by atoms with E-state index < -0.39 is 4.92 Å². The van der Waals surface area contributed by atoms with Crippen LogP contribution in [0.4, 0.5) is 5.69 Å². The van der Waals surface area contributed by atoms with Gasteiger partial charge in [-0.2, -0.15) is 5.10 Å². The Bertz CT molecular complexity index is 700. The Morgan fingerprint density at radius 2 is 2.28 bits per heavy atom. The van der Waals surface area contributed by atoms with E-state index in [0.717, 1.165) is 16.5 Å². The normalized spacial score (nSPS) is 10.9. The summed E-state index contributed by atoms with van der Waals surface area (Å²) in [5.74, 6) is 0. The Labute approximate surface area is 102 Å². The highest BCUT2D eigenvalue weighted by atomic mass is 16.6. The number of hydrogen-bond donors (Lipinski definition) is 1. The van der Waals surface area contributed by atoms with Crippen LogP contribution in [0.3, 0.4) is 0 Å². The number of fused-ring (bicyclic) bond motifs is 1. The molecule has 2 heterocycles. The second kappa shape index (κ2) is 3.99. The van der Waals surface area contributed by atoms with Crippen LogP contribution >= 0.6 is 0 Å². The molecule has 1 N–H and O–H groups in total. The number of aromatic nitrogens is 3. The molecule has 0 amide bonds. The van der Waals surface area contributed by atoms with E-state index in [1.807, 2.05) is 18.5 Å². The van der Waals surface area contributed by atoms with Crippen LogP contribution in [-0.4, -0.2) is 19.7 Å². The van der Waals surface area contributed by atoms with Gasteiger partial charge in [-0.15, -0.1) is 0 Å². The van der Waals surface area contributed by atoms with Crippen LogP contribution in [0.15, 0.2) is 42.9 Å². The molecule has 0 saturated carbocycles. The largest absolute Gasteiger partial charge is 0.367 e. The molecule has 0 radical (unpaired) electrons. The predicted octanol–water partition coefficient (Wildman–Crippen LogP) is 2.32. The van der Waals surface area contributed by atoms with E-state index >= 15 is 0 Å². The molecule has 18 heavy (non-hydrogen) atoms. The van der Waals surface area contributed by atoms with Gasteiger partial charge in [-0.1, -0.05) is 0 Å². The first-order valence-corrected chi connectivity index (χ1v) is 5.46. The SMILES string of the molecule is O=[N+]([O-])c1ccc2cnn(Cc3cc[nH]c3)c2c1. The summed E-state index contributed by atoms with van der Waals surface area (Å²) >= 11 is 0. The topological polar surface area (TPSA) is 76.8 Å². The molecule has 90 valence electrons. The third-order valence-corrected chi connectivity index (χ3v) is 2.83. The molecule has 0 aliphatic heterocycles. The van der Waals surface area contributed by atoms with Crippen LogP contribution in [0.2, 0.25) is 0 Å². The highest BCUT2D eigenvalue weighted by molar-refractivity contribution is 5.81. The van der Waals surface area contributed by atoms with Crippen molar-refractivity contribution in [3.05, 3.63) is 58.5 Å². The summed E-state index contributed by atoms with van der Waals surface area (Å²) in [5, 5.41) is 15.9. The lowest BCUT2D eigenvalue weighted by Crippen LogP contribution is -2.00. The Balaban J connectivity index is 2.06. The highest BCUT2D eigenvalue weighted by Crippen LogP contribution is 2.21. The molecule has 0 fully saturated rings. The monoisotopic (exact) mass is 242 g/mol. The number of H-pyrrole nitrogens is 1. The molecule has 0 aliphatic rings. The summed E-state index contributed by atoms with van der Waals surface area (Å²) < 4.78 is 1.76. The molecule has 0 aliphatic carbocycles. The zero-order chi connectivity index (χ0) is 12.5. The average Bonchev–Trinajstić information content (AvgIpc) is 2.99. The number of nitro benzene ring substituents is 1. The lowest BCUT2D eigenvalue weighted by molar-refractivity contribution is -0.384. The van der Waals surface area contributed by atoms with Crippen LogP contribution in [0.1, 0.15) is 5.56 Å². The minimum absolute atomic E-state index is 0.0818. The van der Waals surface area contributed by atoms with Crippen molar-refractivity contribution in [2.24, 2.45) is 0 Å². The van der Waals surface area contributed by atoms with E-state index in [2.05, 4.69) is 10.1 Å². The summed E-state index contributed by atoms with van der Waals surface area (Å²) in [6, 6.07) is 6.71. The summed E-state index contributed by atoms with van der Waals surface area (Å²) in [6.45, 7) is 0.591. The van der Waals surface area contributed by atoms with E-state index in [1.165, 1.54) is 6.07 Å². The van der Waals surface area contributed by atoms with Gasteiger partial charge in [0.15, 0.2) is 0 Å². The Hall–Kier alpha value is -2.63. The number of nitrogens with one attached hydrogen (secondary N) is 1. The number of nitro groups is 1. The first-order chi connectivity index (χ1) is 8.74. The quantitative estimate of drug-likeness (QED) is 0.565.